The molecule has 29 heavy (non-hydrogen) atoms. The van der Waals surface area contributed by atoms with Crippen LogP contribution in [0.1, 0.15) is 56.9 Å². The van der Waals surface area contributed by atoms with E-state index in [0.29, 0.717) is 10.7 Å². The Balaban J connectivity index is 0.00000300. The van der Waals surface area contributed by atoms with Crippen LogP contribution in [0.5, 0.6) is 0 Å². The molecule has 8 heteroatoms. The molecule has 2 saturated heterocycles. The van der Waals surface area contributed by atoms with E-state index in [-0.39, 0.29) is 24.0 Å². The minimum absolute atomic E-state index is 0. The largest absolute Gasteiger partial charge is 0.444 e. The molecule has 3 heterocycles. The maximum absolute atomic E-state index is 5.74. The highest BCUT2D eigenvalue weighted by Gasteiger charge is 2.29. The molecule has 2 aliphatic rings. The average Bonchev–Trinajstić information content (AvgIpc) is 3.24. The van der Waals surface area contributed by atoms with Gasteiger partial charge < -0.3 is 15.1 Å². The molecule has 1 unspecified atom stereocenters. The van der Waals surface area contributed by atoms with Crippen LogP contribution in [0.4, 0.5) is 0 Å². The highest BCUT2D eigenvalue weighted by Crippen LogP contribution is 2.37. The summed E-state index contributed by atoms with van der Waals surface area (Å²) in [6.07, 6.45) is 5.02. The van der Waals surface area contributed by atoms with Gasteiger partial charge in [-0.3, -0.25) is 9.89 Å². The van der Waals surface area contributed by atoms with Crippen LogP contribution in [0.3, 0.4) is 0 Å². The number of thioether (sulfide) groups is 1. The number of halogens is 1. The normalized spacial score (nSPS) is 23.8. The van der Waals surface area contributed by atoms with E-state index in [1.54, 1.807) is 0 Å². The summed E-state index contributed by atoms with van der Waals surface area (Å²) in [7, 11) is 0. The van der Waals surface area contributed by atoms with Gasteiger partial charge in [-0.15, -0.1) is 24.0 Å². The SMILES string of the molecule is CCNC(=NCC1(C)CCCS1)NCC1CCN(Cc2nc(C)c(C)o2)CC1.I. The number of rotatable bonds is 7. The zero-order valence-electron chi connectivity index (χ0n) is 18.4. The van der Waals surface area contributed by atoms with Crippen molar-refractivity contribution in [3.63, 3.8) is 0 Å². The van der Waals surface area contributed by atoms with Gasteiger partial charge >= 0.3 is 0 Å². The molecule has 0 amide bonds. The molecule has 3 rings (SSSR count). The first-order valence-electron chi connectivity index (χ1n) is 10.8. The molecular weight excluding hydrogens is 497 g/mol. The zero-order valence-corrected chi connectivity index (χ0v) is 21.6. The Morgan fingerprint density at radius 1 is 1.31 bits per heavy atom. The van der Waals surface area contributed by atoms with Crippen molar-refractivity contribution < 1.29 is 4.42 Å². The molecule has 166 valence electrons. The topological polar surface area (TPSA) is 65.7 Å². The zero-order chi connectivity index (χ0) is 20.0. The number of aliphatic imine (C=N–C) groups is 1. The number of nitrogens with zero attached hydrogens (tertiary/aromatic N) is 3. The second-order valence-corrected chi connectivity index (χ2v) is 10.1. The fraction of sp³-hybridized carbons (Fsp3) is 0.810. The third kappa shape index (κ3) is 7.61. The second-order valence-electron chi connectivity index (χ2n) is 8.45. The summed E-state index contributed by atoms with van der Waals surface area (Å²) < 4.78 is 6.06. The van der Waals surface area contributed by atoms with Crippen molar-refractivity contribution in [3.05, 3.63) is 17.3 Å². The Labute approximate surface area is 197 Å². The van der Waals surface area contributed by atoms with Crippen molar-refractivity contribution >= 4 is 41.7 Å². The highest BCUT2D eigenvalue weighted by molar-refractivity contribution is 14.0. The molecule has 0 aromatic carbocycles. The minimum atomic E-state index is 0. The van der Waals surface area contributed by atoms with Crippen LogP contribution in [0, 0.1) is 19.8 Å². The molecule has 1 aromatic rings. The van der Waals surface area contributed by atoms with Crippen LogP contribution in [-0.2, 0) is 6.54 Å². The van der Waals surface area contributed by atoms with E-state index in [1.807, 2.05) is 13.8 Å². The van der Waals surface area contributed by atoms with Crippen LogP contribution in [0.25, 0.3) is 0 Å². The van der Waals surface area contributed by atoms with Crippen LogP contribution < -0.4 is 10.6 Å². The van der Waals surface area contributed by atoms with Gasteiger partial charge in [-0.05, 0) is 78.1 Å². The first-order chi connectivity index (χ1) is 13.5. The van der Waals surface area contributed by atoms with Crippen LogP contribution in [-0.4, -0.2) is 59.1 Å². The van der Waals surface area contributed by atoms with Crippen LogP contribution >= 0.6 is 35.7 Å². The Bertz CT molecular complexity index is 632. The van der Waals surface area contributed by atoms with Gasteiger partial charge in [0, 0.05) is 17.8 Å². The number of piperidine rings is 1. The summed E-state index contributed by atoms with van der Waals surface area (Å²) >= 11 is 2.07. The minimum Gasteiger partial charge on any atom is -0.444 e. The van der Waals surface area contributed by atoms with E-state index in [4.69, 9.17) is 9.41 Å². The van der Waals surface area contributed by atoms with Crippen molar-refractivity contribution in [2.45, 2.75) is 64.7 Å². The summed E-state index contributed by atoms with van der Waals surface area (Å²) in [5.74, 6) is 4.75. The molecule has 0 radical (unpaired) electrons. The summed E-state index contributed by atoms with van der Waals surface area (Å²) in [5.41, 5.74) is 1.01. The fourth-order valence-electron chi connectivity index (χ4n) is 3.94. The molecule has 1 atom stereocenters. The highest BCUT2D eigenvalue weighted by atomic mass is 127. The summed E-state index contributed by atoms with van der Waals surface area (Å²) in [4.78, 5) is 11.8. The smallest absolute Gasteiger partial charge is 0.208 e. The quantitative estimate of drug-likeness (QED) is 0.313. The molecular formula is C21H38IN5OS. The van der Waals surface area contributed by atoms with Gasteiger partial charge in [-0.25, -0.2) is 4.98 Å². The number of oxazole rings is 1. The molecule has 2 N–H and O–H groups in total. The van der Waals surface area contributed by atoms with E-state index < -0.39 is 0 Å². The van der Waals surface area contributed by atoms with Crippen molar-refractivity contribution in [1.82, 2.24) is 20.5 Å². The van der Waals surface area contributed by atoms with Gasteiger partial charge in [0.25, 0.3) is 0 Å². The number of aryl methyl sites for hydroxylation is 2. The number of likely N-dealkylation sites (tertiary alicyclic amines) is 1. The van der Waals surface area contributed by atoms with Gasteiger partial charge in [-0.1, -0.05) is 0 Å². The average molecular weight is 536 g/mol. The Hall–Kier alpha value is -0.480. The third-order valence-electron chi connectivity index (χ3n) is 5.91. The molecule has 0 bridgehead atoms. The first kappa shape index (κ1) is 24.8. The Kier molecular flexibility index (Phi) is 10.1. The summed E-state index contributed by atoms with van der Waals surface area (Å²) in [6.45, 7) is 14.3. The molecule has 6 nitrogen and oxygen atoms in total. The van der Waals surface area contributed by atoms with Crippen LogP contribution in [0.2, 0.25) is 0 Å². The lowest BCUT2D eigenvalue weighted by Gasteiger charge is -2.31. The van der Waals surface area contributed by atoms with E-state index >= 15 is 0 Å². The van der Waals surface area contributed by atoms with Crippen molar-refractivity contribution in [3.8, 4) is 0 Å². The van der Waals surface area contributed by atoms with Gasteiger partial charge in [0.15, 0.2) is 5.96 Å². The van der Waals surface area contributed by atoms with Gasteiger partial charge in [0.1, 0.15) is 5.76 Å². The van der Waals surface area contributed by atoms with E-state index in [1.165, 1.54) is 31.4 Å². The second kappa shape index (κ2) is 11.8. The van der Waals surface area contributed by atoms with Gasteiger partial charge in [0.2, 0.25) is 5.89 Å². The molecule has 1 aromatic heterocycles. The Morgan fingerprint density at radius 2 is 2.07 bits per heavy atom. The van der Waals surface area contributed by atoms with Crippen molar-refractivity contribution in [2.24, 2.45) is 10.9 Å². The lowest BCUT2D eigenvalue weighted by Crippen LogP contribution is -2.43. The number of hydrogen-bond acceptors (Lipinski definition) is 5. The van der Waals surface area contributed by atoms with Crippen molar-refractivity contribution in [1.29, 1.82) is 0 Å². The fourth-order valence-corrected chi connectivity index (χ4v) is 5.16. The predicted octanol–water partition coefficient (Wildman–Crippen LogP) is 3.96. The molecule has 0 saturated carbocycles. The van der Waals surface area contributed by atoms with Crippen molar-refractivity contribution in [2.75, 3.05) is 38.5 Å². The molecule has 0 spiro atoms. The number of hydrogen-bond donors (Lipinski definition) is 2. The van der Waals surface area contributed by atoms with Crippen LogP contribution in [0.15, 0.2) is 9.41 Å². The predicted molar refractivity (Wildman–Crippen MR) is 133 cm³/mol. The van der Waals surface area contributed by atoms with Gasteiger partial charge in [-0.2, -0.15) is 11.8 Å². The lowest BCUT2D eigenvalue weighted by molar-refractivity contribution is 0.164. The van der Waals surface area contributed by atoms with E-state index in [2.05, 4.69) is 46.1 Å². The lowest BCUT2D eigenvalue weighted by atomic mass is 9.97. The Morgan fingerprint density at radius 3 is 2.66 bits per heavy atom. The third-order valence-corrected chi connectivity index (χ3v) is 7.44. The maximum Gasteiger partial charge on any atom is 0.208 e. The molecule has 2 fully saturated rings. The molecule has 0 aliphatic carbocycles. The summed E-state index contributed by atoms with van der Waals surface area (Å²) in [6, 6.07) is 0. The maximum atomic E-state index is 5.74. The summed E-state index contributed by atoms with van der Waals surface area (Å²) in [5, 5.41) is 7.00. The number of nitrogens with one attached hydrogen (secondary N) is 2. The molecule has 2 aliphatic heterocycles. The van der Waals surface area contributed by atoms with Gasteiger partial charge in [0.05, 0.1) is 18.8 Å². The monoisotopic (exact) mass is 535 g/mol. The number of guanidine groups is 1. The number of aromatic nitrogens is 1. The first-order valence-corrected chi connectivity index (χ1v) is 11.8. The van der Waals surface area contributed by atoms with E-state index in [0.717, 1.165) is 62.6 Å². The standard InChI is InChI=1S/C21H37N5OS.HI/c1-5-22-20(24-15-21(4)9-6-12-28-21)23-13-18-7-10-26(11-8-18)14-19-25-16(2)17(3)27-19;/h18H,5-15H2,1-4H3,(H2,22,23,24);1H. The van der Waals surface area contributed by atoms with E-state index in [9.17, 15) is 0 Å².